The zero-order valence-electron chi connectivity index (χ0n) is 10.1. The number of aryl methyl sites for hydroxylation is 2. The Morgan fingerprint density at radius 2 is 2.33 bits per heavy atom. The number of nitrogens with one attached hydrogen (secondary N) is 1. The van der Waals surface area contributed by atoms with E-state index in [1.807, 2.05) is 11.3 Å². The first kappa shape index (κ1) is 12.6. The van der Waals surface area contributed by atoms with Crippen LogP contribution in [0.2, 0.25) is 0 Å². The Labute approximate surface area is 123 Å². The second kappa shape index (κ2) is 5.27. The van der Waals surface area contributed by atoms with Crippen LogP contribution in [0.4, 0.5) is 5.13 Å². The van der Waals surface area contributed by atoms with Crippen LogP contribution in [0.3, 0.4) is 0 Å². The van der Waals surface area contributed by atoms with Crippen LogP contribution in [0.1, 0.15) is 41.3 Å². The molecule has 18 heavy (non-hydrogen) atoms. The van der Waals surface area contributed by atoms with Gasteiger partial charge in [-0.2, -0.15) is 0 Å². The predicted octanol–water partition coefficient (Wildman–Crippen LogP) is 4.41. The topological polar surface area (TPSA) is 37.8 Å². The number of hydrogen-bond donors (Lipinski definition) is 1. The van der Waals surface area contributed by atoms with E-state index in [0.717, 1.165) is 16.6 Å². The van der Waals surface area contributed by atoms with Gasteiger partial charge >= 0.3 is 0 Å². The minimum atomic E-state index is 0.397. The molecule has 0 bridgehead atoms. The number of halogens is 1. The maximum absolute atomic E-state index is 4.21. The Hall–Kier alpha value is -0.460. The molecule has 2 heterocycles. The van der Waals surface area contributed by atoms with Crippen molar-refractivity contribution in [1.82, 2.24) is 10.2 Å². The van der Waals surface area contributed by atoms with Gasteiger partial charge in [0, 0.05) is 4.88 Å². The molecule has 1 aliphatic carbocycles. The highest BCUT2D eigenvalue weighted by Crippen LogP contribution is 2.39. The third kappa shape index (κ3) is 2.46. The third-order valence-electron chi connectivity index (χ3n) is 3.15. The standard InChI is InChI=1S/C12H14BrN3S2/c1-2-11-15-16-12(18-11)14-8-4-3-5-9-7(8)6-10(13)17-9/h6,8H,2-5H2,1H3,(H,14,16). The van der Waals surface area contributed by atoms with Crippen LogP contribution >= 0.6 is 38.6 Å². The van der Waals surface area contributed by atoms with E-state index in [4.69, 9.17) is 0 Å². The number of rotatable bonds is 3. The van der Waals surface area contributed by atoms with Crippen molar-refractivity contribution >= 4 is 43.7 Å². The fraction of sp³-hybridized carbons (Fsp3) is 0.500. The van der Waals surface area contributed by atoms with E-state index in [9.17, 15) is 0 Å². The second-order valence-electron chi connectivity index (χ2n) is 4.37. The lowest BCUT2D eigenvalue weighted by molar-refractivity contribution is 0.607. The molecule has 3 nitrogen and oxygen atoms in total. The Bertz CT molecular complexity index is 549. The molecule has 1 N–H and O–H groups in total. The number of nitrogens with zero attached hydrogens (tertiary/aromatic N) is 2. The lowest BCUT2D eigenvalue weighted by Crippen LogP contribution is -2.15. The number of aromatic nitrogens is 2. The molecule has 6 heteroatoms. The number of fused-ring (bicyclic) bond motifs is 1. The van der Waals surface area contributed by atoms with E-state index in [2.05, 4.69) is 44.4 Å². The van der Waals surface area contributed by atoms with Crippen molar-refractivity contribution in [3.05, 3.63) is 25.3 Å². The summed E-state index contributed by atoms with van der Waals surface area (Å²) < 4.78 is 1.23. The van der Waals surface area contributed by atoms with Gasteiger partial charge < -0.3 is 5.32 Å². The van der Waals surface area contributed by atoms with E-state index in [1.165, 1.54) is 33.5 Å². The van der Waals surface area contributed by atoms with Crippen LogP contribution in [-0.2, 0) is 12.8 Å². The smallest absolute Gasteiger partial charge is 0.206 e. The molecular formula is C12H14BrN3S2. The summed E-state index contributed by atoms with van der Waals surface area (Å²) in [5.41, 5.74) is 1.44. The first-order chi connectivity index (χ1) is 8.76. The minimum Gasteiger partial charge on any atom is -0.353 e. The summed E-state index contributed by atoms with van der Waals surface area (Å²) in [6.45, 7) is 2.11. The molecule has 0 fully saturated rings. The molecule has 0 aliphatic heterocycles. The summed E-state index contributed by atoms with van der Waals surface area (Å²) >= 11 is 7.11. The number of thiophene rings is 1. The van der Waals surface area contributed by atoms with Crippen LogP contribution in [0.15, 0.2) is 9.85 Å². The molecule has 0 radical (unpaired) electrons. The van der Waals surface area contributed by atoms with Gasteiger partial charge in [-0.15, -0.1) is 21.5 Å². The number of hydrogen-bond acceptors (Lipinski definition) is 5. The molecule has 0 spiro atoms. The Kier molecular flexibility index (Phi) is 3.68. The van der Waals surface area contributed by atoms with Gasteiger partial charge in [0.1, 0.15) is 5.01 Å². The van der Waals surface area contributed by atoms with Gasteiger partial charge in [-0.25, -0.2) is 0 Å². The zero-order valence-corrected chi connectivity index (χ0v) is 13.3. The SMILES string of the molecule is CCc1nnc(NC2CCCc3sc(Br)cc32)s1. The summed E-state index contributed by atoms with van der Waals surface area (Å²) in [4.78, 5) is 1.51. The van der Waals surface area contributed by atoms with Crippen molar-refractivity contribution in [1.29, 1.82) is 0 Å². The zero-order chi connectivity index (χ0) is 12.5. The van der Waals surface area contributed by atoms with Gasteiger partial charge in [0.2, 0.25) is 5.13 Å². The van der Waals surface area contributed by atoms with Crippen molar-refractivity contribution in [2.24, 2.45) is 0 Å². The van der Waals surface area contributed by atoms with Gasteiger partial charge in [0.25, 0.3) is 0 Å². The average molecular weight is 344 g/mol. The Morgan fingerprint density at radius 3 is 3.11 bits per heavy atom. The summed E-state index contributed by atoms with van der Waals surface area (Å²) in [6, 6.07) is 2.65. The van der Waals surface area contributed by atoms with E-state index >= 15 is 0 Å². The molecule has 1 unspecified atom stereocenters. The summed E-state index contributed by atoms with van der Waals surface area (Å²) in [5, 5.41) is 14.0. The molecule has 1 atom stereocenters. The molecule has 2 aromatic rings. The van der Waals surface area contributed by atoms with Gasteiger partial charge in [-0.05, 0) is 53.2 Å². The van der Waals surface area contributed by atoms with Gasteiger partial charge in [0.15, 0.2) is 0 Å². The molecule has 1 aliphatic rings. The average Bonchev–Trinajstić information content (AvgIpc) is 2.95. The highest BCUT2D eigenvalue weighted by molar-refractivity contribution is 9.11. The van der Waals surface area contributed by atoms with Crippen LogP contribution in [0.25, 0.3) is 0 Å². The van der Waals surface area contributed by atoms with Gasteiger partial charge in [0.05, 0.1) is 9.83 Å². The maximum atomic E-state index is 4.21. The molecule has 2 aromatic heterocycles. The highest BCUT2D eigenvalue weighted by Gasteiger charge is 2.23. The predicted molar refractivity (Wildman–Crippen MR) is 80.6 cm³/mol. The first-order valence-electron chi connectivity index (χ1n) is 6.13. The quantitative estimate of drug-likeness (QED) is 0.896. The Balaban J connectivity index is 1.81. The van der Waals surface area contributed by atoms with Crippen molar-refractivity contribution in [3.63, 3.8) is 0 Å². The Morgan fingerprint density at radius 1 is 1.44 bits per heavy atom. The molecule has 3 rings (SSSR count). The second-order valence-corrected chi connectivity index (χ2v) is 7.95. The van der Waals surface area contributed by atoms with Crippen LogP contribution in [0, 0.1) is 0 Å². The molecule has 0 aromatic carbocycles. The summed E-state index contributed by atoms with van der Waals surface area (Å²) in [5.74, 6) is 0. The molecule has 96 valence electrons. The number of anilines is 1. The van der Waals surface area contributed by atoms with Crippen molar-refractivity contribution in [3.8, 4) is 0 Å². The molecular weight excluding hydrogens is 330 g/mol. The highest BCUT2D eigenvalue weighted by atomic mass is 79.9. The molecule has 0 amide bonds. The van der Waals surface area contributed by atoms with Crippen molar-refractivity contribution in [2.75, 3.05) is 5.32 Å². The van der Waals surface area contributed by atoms with Crippen LogP contribution in [-0.4, -0.2) is 10.2 Å². The molecule has 0 saturated heterocycles. The maximum Gasteiger partial charge on any atom is 0.206 e. The van der Waals surface area contributed by atoms with Crippen molar-refractivity contribution in [2.45, 2.75) is 38.6 Å². The minimum absolute atomic E-state index is 0.397. The fourth-order valence-corrected chi connectivity index (χ4v) is 4.83. The van der Waals surface area contributed by atoms with E-state index in [-0.39, 0.29) is 0 Å². The van der Waals surface area contributed by atoms with E-state index in [0.29, 0.717) is 6.04 Å². The largest absolute Gasteiger partial charge is 0.353 e. The normalized spacial score (nSPS) is 18.7. The van der Waals surface area contributed by atoms with Crippen LogP contribution < -0.4 is 5.32 Å². The fourth-order valence-electron chi connectivity index (χ4n) is 2.28. The van der Waals surface area contributed by atoms with Gasteiger partial charge in [-0.3, -0.25) is 0 Å². The summed E-state index contributed by atoms with van der Waals surface area (Å²) in [6.07, 6.45) is 4.59. The third-order valence-corrected chi connectivity index (χ3v) is 5.86. The lowest BCUT2D eigenvalue weighted by atomic mass is 9.94. The molecule has 0 saturated carbocycles. The van der Waals surface area contributed by atoms with Crippen LogP contribution in [0.5, 0.6) is 0 Å². The van der Waals surface area contributed by atoms with E-state index in [1.54, 1.807) is 11.3 Å². The first-order valence-corrected chi connectivity index (χ1v) is 8.56. The van der Waals surface area contributed by atoms with E-state index < -0.39 is 0 Å². The monoisotopic (exact) mass is 343 g/mol. The van der Waals surface area contributed by atoms with Crippen molar-refractivity contribution < 1.29 is 0 Å². The van der Waals surface area contributed by atoms with Gasteiger partial charge in [-0.1, -0.05) is 18.3 Å². The summed E-state index contributed by atoms with van der Waals surface area (Å²) in [7, 11) is 0. The lowest BCUT2D eigenvalue weighted by Gasteiger charge is -2.22.